The van der Waals surface area contributed by atoms with Crippen LogP contribution >= 0.6 is 11.8 Å². The normalized spacial score (nSPS) is 15.5. The summed E-state index contributed by atoms with van der Waals surface area (Å²) >= 11 is 1.68. The Morgan fingerprint density at radius 1 is 1.05 bits per heavy atom. The molecule has 9 nitrogen and oxygen atoms in total. The van der Waals surface area contributed by atoms with Gasteiger partial charge >= 0.3 is 0 Å². The lowest BCUT2D eigenvalue weighted by Gasteiger charge is -2.32. The molecule has 0 amide bonds. The maximum atomic E-state index is 11.4. The summed E-state index contributed by atoms with van der Waals surface area (Å²) in [5.41, 5.74) is 5.15. The van der Waals surface area contributed by atoms with Gasteiger partial charge in [-0.15, -0.1) is 0 Å². The van der Waals surface area contributed by atoms with E-state index < -0.39 is 0 Å². The molecule has 37 heavy (non-hydrogen) atoms. The third-order valence-electron chi connectivity index (χ3n) is 6.98. The van der Waals surface area contributed by atoms with E-state index in [-0.39, 0.29) is 10.6 Å². The van der Waals surface area contributed by atoms with E-state index in [9.17, 15) is 10.1 Å². The number of rotatable bonds is 6. The number of benzene rings is 2. The summed E-state index contributed by atoms with van der Waals surface area (Å²) < 4.78 is 2.14. The van der Waals surface area contributed by atoms with Crippen molar-refractivity contribution in [2.45, 2.75) is 31.5 Å². The van der Waals surface area contributed by atoms with E-state index in [1.165, 1.54) is 24.6 Å². The fourth-order valence-electron chi connectivity index (χ4n) is 4.91. The molecule has 2 aliphatic heterocycles. The minimum absolute atomic E-state index is 0.0387. The van der Waals surface area contributed by atoms with Gasteiger partial charge in [0.15, 0.2) is 5.16 Å². The third-order valence-corrected chi connectivity index (χ3v) is 7.94. The standard InChI is InChI=1S/C27H27N7O2S/c1-18-10-13-32(14-11-18)21-7-5-20(6-8-21)29-26-28-12-9-23(30-26)25-24(31-27-33(25)15-16-37-27)19-3-2-4-22(17-19)34(35)36/h2-9,12,17-18H,10-11,13-16H2,1H3,(H,28,29,30). The molecule has 2 aliphatic rings. The Morgan fingerprint density at radius 3 is 2.65 bits per heavy atom. The van der Waals surface area contributed by atoms with Crippen molar-refractivity contribution in [1.29, 1.82) is 0 Å². The molecule has 0 spiro atoms. The van der Waals surface area contributed by atoms with Crippen LogP contribution in [0.1, 0.15) is 19.8 Å². The molecule has 0 saturated carbocycles. The van der Waals surface area contributed by atoms with Crippen LogP contribution in [0.4, 0.5) is 23.0 Å². The van der Waals surface area contributed by atoms with E-state index in [0.29, 0.717) is 17.2 Å². The van der Waals surface area contributed by atoms with Gasteiger partial charge in [0.1, 0.15) is 0 Å². The van der Waals surface area contributed by atoms with Gasteiger partial charge in [0, 0.05) is 60.7 Å². The van der Waals surface area contributed by atoms with Crippen LogP contribution in [-0.4, -0.2) is 43.3 Å². The number of nitro benzene ring substituents is 1. The number of hydrogen-bond donors (Lipinski definition) is 1. The van der Waals surface area contributed by atoms with Crippen molar-refractivity contribution in [3.63, 3.8) is 0 Å². The quantitative estimate of drug-likeness (QED) is 0.247. The highest BCUT2D eigenvalue weighted by atomic mass is 32.2. The number of nitrogens with one attached hydrogen (secondary N) is 1. The first kappa shape index (κ1) is 23.5. The van der Waals surface area contributed by atoms with Crippen molar-refractivity contribution in [3.8, 4) is 22.6 Å². The molecule has 0 aliphatic carbocycles. The summed E-state index contributed by atoms with van der Waals surface area (Å²) in [6.45, 7) is 5.32. The molecule has 1 fully saturated rings. The summed E-state index contributed by atoms with van der Waals surface area (Å²) in [4.78, 5) is 27.5. The molecule has 0 unspecified atom stereocenters. The average molecular weight is 514 g/mol. The molecule has 2 aromatic carbocycles. The Labute approximate surface area is 219 Å². The van der Waals surface area contributed by atoms with Crippen LogP contribution < -0.4 is 10.2 Å². The van der Waals surface area contributed by atoms with Crippen LogP contribution in [0.25, 0.3) is 22.6 Å². The van der Waals surface area contributed by atoms with Gasteiger partial charge in [0.2, 0.25) is 5.95 Å². The van der Waals surface area contributed by atoms with Crippen LogP contribution in [0.15, 0.2) is 66.0 Å². The molecule has 0 bridgehead atoms. The van der Waals surface area contributed by atoms with E-state index >= 15 is 0 Å². The number of nitro groups is 1. The van der Waals surface area contributed by atoms with Gasteiger partial charge in [0.25, 0.3) is 5.69 Å². The lowest BCUT2D eigenvalue weighted by molar-refractivity contribution is -0.384. The van der Waals surface area contributed by atoms with Gasteiger partial charge in [-0.05, 0) is 49.1 Å². The van der Waals surface area contributed by atoms with Gasteiger partial charge in [-0.2, -0.15) is 0 Å². The molecule has 188 valence electrons. The van der Waals surface area contributed by atoms with E-state index in [2.05, 4.69) is 51.0 Å². The SMILES string of the molecule is CC1CCN(c2ccc(Nc3nccc(-c4c(-c5cccc([N+](=O)[O-])c5)nc5n4CCS5)n3)cc2)CC1. The van der Waals surface area contributed by atoms with E-state index in [0.717, 1.165) is 53.5 Å². The van der Waals surface area contributed by atoms with Crippen molar-refractivity contribution < 1.29 is 4.92 Å². The maximum absolute atomic E-state index is 11.4. The summed E-state index contributed by atoms with van der Waals surface area (Å²) in [6, 6.07) is 16.9. The van der Waals surface area contributed by atoms with Crippen molar-refractivity contribution in [1.82, 2.24) is 19.5 Å². The minimum atomic E-state index is -0.383. The summed E-state index contributed by atoms with van der Waals surface area (Å²) in [5.74, 6) is 2.22. The van der Waals surface area contributed by atoms with Gasteiger partial charge in [-0.3, -0.25) is 10.1 Å². The van der Waals surface area contributed by atoms with Gasteiger partial charge in [0.05, 0.1) is 22.0 Å². The Kier molecular flexibility index (Phi) is 6.25. The molecule has 0 radical (unpaired) electrons. The molecule has 6 rings (SSSR count). The number of fused-ring (bicyclic) bond motifs is 1. The number of imidazole rings is 1. The second kappa shape index (κ2) is 9.85. The zero-order valence-electron chi connectivity index (χ0n) is 20.5. The number of anilines is 3. The van der Waals surface area contributed by atoms with Crippen LogP contribution in [0.5, 0.6) is 0 Å². The highest BCUT2D eigenvalue weighted by molar-refractivity contribution is 7.99. The molecule has 1 saturated heterocycles. The number of hydrogen-bond acceptors (Lipinski definition) is 8. The number of thioether (sulfide) groups is 1. The maximum Gasteiger partial charge on any atom is 0.270 e. The van der Waals surface area contributed by atoms with Crippen molar-refractivity contribution in [3.05, 3.63) is 70.9 Å². The Bertz CT molecular complexity index is 1450. The second-order valence-electron chi connectivity index (χ2n) is 9.51. The van der Waals surface area contributed by atoms with Crippen molar-refractivity contribution in [2.24, 2.45) is 5.92 Å². The first-order valence-corrected chi connectivity index (χ1v) is 13.5. The lowest BCUT2D eigenvalue weighted by atomic mass is 9.99. The van der Waals surface area contributed by atoms with Crippen molar-refractivity contribution >= 4 is 34.8 Å². The number of nitrogens with zero attached hydrogens (tertiary/aromatic N) is 6. The highest BCUT2D eigenvalue weighted by Gasteiger charge is 2.26. The molecule has 0 atom stereocenters. The summed E-state index contributed by atoms with van der Waals surface area (Å²) in [6.07, 6.45) is 4.19. The topological polar surface area (TPSA) is 102 Å². The van der Waals surface area contributed by atoms with Gasteiger partial charge < -0.3 is 14.8 Å². The predicted molar refractivity (Wildman–Crippen MR) is 146 cm³/mol. The Balaban J connectivity index is 1.29. The van der Waals surface area contributed by atoms with E-state index in [1.54, 1.807) is 30.1 Å². The molecule has 1 N–H and O–H groups in total. The summed E-state index contributed by atoms with van der Waals surface area (Å²) in [5, 5.41) is 15.6. The minimum Gasteiger partial charge on any atom is -0.372 e. The third kappa shape index (κ3) is 4.76. The van der Waals surface area contributed by atoms with Crippen LogP contribution in [0, 0.1) is 16.0 Å². The lowest BCUT2D eigenvalue weighted by Crippen LogP contribution is -2.32. The van der Waals surface area contributed by atoms with Crippen molar-refractivity contribution in [2.75, 3.05) is 29.1 Å². The predicted octanol–water partition coefficient (Wildman–Crippen LogP) is 6.00. The first-order chi connectivity index (χ1) is 18.0. The second-order valence-corrected chi connectivity index (χ2v) is 10.6. The molecule has 4 heterocycles. The molecule has 10 heteroatoms. The Morgan fingerprint density at radius 2 is 1.86 bits per heavy atom. The van der Waals surface area contributed by atoms with Crippen LogP contribution in [0.2, 0.25) is 0 Å². The molecule has 4 aromatic rings. The number of aromatic nitrogens is 4. The van der Waals surface area contributed by atoms with Gasteiger partial charge in [-0.1, -0.05) is 30.8 Å². The van der Waals surface area contributed by atoms with Crippen LogP contribution in [0.3, 0.4) is 0 Å². The monoisotopic (exact) mass is 513 g/mol. The first-order valence-electron chi connectivity index (χ1n) is 12.5. The number of piperidine rings is 1. The average Bonchev–Trinajstić information content (AvgIpc) is 3.52. The Hall–Kier alpha value is -3.92. The fraction of sp³-hybridized carbons (Fsp3) is 0.296. The van der Waals surface area contributed by atoms with Gasteiger partial charge in [-0.25, -0.2) is 15.0 Å². The fourth-order valence-corrected chi connectivity index (χ4v) is 5.86. The zero-order chi connectivity index (χ0) is 25.4. The number of non-ortho nitro benzene ring substituents is 1. The molecular weight excluding hydrogens is 486 g/mol. The molecule has 2 aromatic heterocycles. The smallest absolute Gasteiger partial charge is 0.270 e. The van der Waals surface area contributed by atoms with E-state index in [4.69, 9.17) is 9.97 Å². The van der Waals surface area contributed by atoms with E-state index in [1.807, 2.05) is 12.1 Å². The zero-order valence-corrected chi connectivity index (χ0v) is 21.3. The largest absolute Gasteiger partial charge is 0.372 e. The van der Waals surface area contributed by atoms with Crippen LogP contribution in [-0.2, 0) is 6.54 Å². The molecular formula is C27H27N7O2S. The highest BCUT2D eigenvalue weighted by Crippen LogP contribution is 2.39. The summed E-state index contributed by atoms with van der Waals surface area (Å²) in [7, 11) is 0.